The minimum Gasteiger partial charge on any atom is -0.396 e. The van der Waals surface area contributed by atoms with E-state index in [1.54, 1.807) is 17.1 Å². The number of thioether (sulfide) groups is 1. The van der Waals surface area contributed by atoms with E-state index in [1.807, 2.05) is 30.3 Å². The molecule has 0 saturated heterocycles. The normalized spacial score (nSPS) is 10.5. The molecule has 112 valence electrons. The first-order valence-corrected chi connectivity index (χ1v) is 8.82. The van der Waals surface area contributed by atoms with E-state index in [0.717, 1.165) is 28.5 Å². The Labute approximate surface area is 132 Å². The number of benzene rings is 1. The van der Waals surface area contributed by atoms with E-state index in [0.29, 0.717) is 12.2 Å². The number of aliphatic hydroxyl groups excluding tert-OH is 1. The lowest BCUT2D eigenvalue weighted by Crippen LogP contribution is -2.26. The summed E-state index contributed by atoms with van der Waals surface area (Å²) >= 11 is 3.20. The summed E-state index contributed by atoms with van der Waals surface area (Å²) in [7, 11) is 0. The number of nitrogens with zero attached hydrogens (tertiary/aromatic N) is 1. The first-order valence-electron chi connectivity index (χ1n) is 6.79. The van der Waals surface area contributed by atoms with Gasteiger partial charge in [-0.25, -0.2) is 4.98 Å². The number of rotatable bonds is 8. The van der Waals surface area contributed by atoms with Crippen molar-refractivity contribution in [3.63, 3.8) is 0 Å². The highest BCUT2D eigenvalue weighted by molar-refractivity contribution is 7.99. The Morgan fingerprint density at radius 3 is 2.86 bits per heavy atom. The van der Waals surface area contributed by atoms with Crippen LogP contribution in [-0.2, 0) is 0 Å². The minimum atomic E-state index is -0.129. The average Bonchev–Trinajstić information content (AvgIpc) is 3.01. The molecule has 0 fully saturated rings. The molecule has 1 aromatic heterocycles. The highest BCUT2D eigenvalue weighted by Gasteiger charge is 2.10. The number of hydrogen-bond donors (Lipinski definition) is 2. The van der Waals surface area contributed by atoms with Crippen LogP contribution in [0.1, 0.15) is 16.9 Å². The second kappa shape index (κ2) is 8.81. The Balaban J connectivity index is 1.80. The first-order chi connectivity index (χ1) is 10.3. The van der Waals surface area contributed by atoms with Gasteiger partial charge >= 0.3 is 0 Å². The number of hydrogen-bond acceptors (Lipinski definition) is 5. The third-order valence-electron chi connectivity index (χ3n) is 2.74. The van der Waals surface area contributed by atoms with Crippen molar-refractivity contribution < 1.29 is 9.90 Å². The van der Waals surface area contributed by atoms with Crippen LogP contribution in [0.5, 0.6) is 0 Å². The summed E-state index contributed by atoms with van der Waals surface area (Å²) in [5.41, 5.74) is 1.50. The second-order valence-electron chi connectivity index (χ2n) is 4.35. The van der Waals surface area contributed by atoms with E-state index < -0.39 is 0 Å². The number of thiazole rings is 1. The first kappa shape index (κ1) is 16.0. The molecule has 2 N–H and O–H groups in total. The van der Waals surface area contributed by atoms with Crippen molar-refractivity contribution in [1.82, 2.24) is 10.3 Å². The summed E-state index contributed by atoms with van der Waals surface area (Å²) in [5, 5.41) is 14.2. The summed E-state index contributed by atoms with van der Waals surface area (Å²) in [4.78, 5) is 16.3. The maximum atomic E-state index is 12.0. The van der Waals surface area contributed by atoms with Gasteiger partial charge in [-0.05, 0) is 12.2 Å². The van der Waals surface area contributed by atoms with Crippen LogP contribution in [0.3, 0.4) is 0 Å². The van der Waals surface area contributed by atoms with Crippen LogP contribution < -0.4 is 5.32 Å². The largest absolute Gasteiger partial charge is 0.396 e. The fraction of sp³-hybridized carbons (Fsp3) is 0.333. The number of aliphatic hydroxyl groups is 1. The molecule has 1 aromatic carbocycles. The third-order valence-corrected chi connectivity index (χ3v) is 4.70. The highest BCUT2D eigenvalue weighted by Crippen LogP contribution is 2.23. The number of nitrogens with one attached hydrogen (secondary N) is 1. The molecule has 0 atom stereocenters. The van der Waals surface area contributed by atoms with Crippen molar-refractivity contribution in [3.05, 3.63) is 41.4 Å². The molecule has 0 radical (unpaired) electrons. The predicted octanol–water partition coefficient (Wildman–Crippen LogP) is 2.66. The monoisotopic (exact) mass is 322 g/mol. The van der Waals surface area contributed by atoms with E-state index in [9.17, 15) is 4.79 Å². The van der Waals surface area contributed by atoms with Gasteiger partial charge in [0.2, 0.25) is 0 Å². The Kier molecular flexibility index (Phi) is 6.72. The Hall–Kier alpha value is -1.37. The fourth-order valence-corrected chi connectivity index (χ4v) is 3.28. The van der Waals surface area contributed by atoms with E-state index in [4.69, 9.17) is 5.11 Å². The van der Waals surface area contributed by atoms with Gasteiger partial charge in [-0.1, -0.05) is 30.3 Å². The molecular weight excluding hydrogens is 304 g/mol. The molecule has 1 amide bonds. The number of carbonyl (C=O) groups excluding carboxylic acids is 1. The second-order valence-corrected chi connectivity index (χ2v) is 6.43. The maximum absolute atomic E-state index is 12.0. The molecule has 6 heteroatoms. The van der Waals surface area contributed by atoms with Crippen molar-refractivity contribution in [2.24, 2.45) is 0 Å². The fourth-order valence-electron chi connectivity index (χ4n) is 1.69. The Morgan fingerprint density at radius 2 is 2.10 bits per heavy atom. The van der Waals surface area contributed by atoms with Gasteiger partial charge in [0.15, 0.2) is 0 Å². The van der Waals surface area contributed by atoms with Crippen LogP contribution >= 0.6 is 23.1 Å². The van der Waals surface area contributed by atoms with Crippen LogP contribution in [0.25, 0.3) is 10.6 Å². The van der Waals surface area contributed by atoms with Crippen molar-refractivity contribution in [2.75, 3.05) is 24.7 Å². The van der Waals surface area contributed by atoms with Crippen molar-refractivity contribution in [2.45, 2.75) is 6.42 Å². The standard InChI is InChI=1S/C15H18N2O2S2/c18-8-4-9-20-10-7-16-14(19)13-11-21-15(17-13)12-5-2-1-3-6-12/h1-3,5-6,11,18H,4,7-10H2,(H,16,19). The molecule has 21 heavy (non-hydrogen) atoms. The third kappa shape index (κ3) is 5.15. The van der Waals surface area contributed by atoms with Gasteiger partial charge in [-0.3, -0.25) is 4.79 Å². The average molecular weight is 322 g/mol. The molecule has 0 aliphatic heterocycles. The molecule has 1 heterocycles. The maximum Gasteiger partial charge on any atom is 0.270 e. The molecule has 0 spiro atoms. The lowest BCUT2D eigenvalue weighted by Gasteiger charge is -2.02. The summed E-state index contributed by atoms with van der Waals surface area (Å²) in [6, 6.07) is 9.84. The van der Waals surface area contributed by atoms with Crippen molar-refractivity contribution in [1.29, 1.82) is 0 Å². The highest BCUT2D eigenvalue weighted by atomic mass is 32.2. The lowest BCUT2D eigenvalue weighted by atomic mass is 10.2. The van der Waals surface area contributed by atoms with E-state index in [-0.39, 0.29) is 12.5 Å². The molecule has 0 unspecified atom stereocenters. The lowest BCUT2D eigenvalue weighted by molar-refractivity contribution is 0.0952. The van der Waals surface area contributed by atoms with Crippen LogP contribution in [0, 0.1) is 0 Å². The molecule has 2 rings (SSSR count). The molecular formula is C15H18N2O2S2. The van der Waals surface area contributed by atoms with Gasteiger partial charge in [0.05, 0.1) is 0 Å². The Morgan fingerprint density at radius 1 is 1.29 bits per heavy atom. The number of carbonyl (C=O) groups is 1. The summed E-state index contributed by atoms with van der Waals surface area (Å²) < 4.78 is 0. The van der Waals surface area contributed by atoms with Crippen LogP contribution in [0.15, 0.2) is 35.7 Å². The Bertz CT molecular complexity index is 558. The topological polar surface area (TPSA) is 62.2 Å². The zero-order chi connectivity index (χ0) is 14.9. The smallest absolute Gasteiger partial charge is 0.270 e. The molecule has 4 nitrogen and oxygen atoms in total. The van der Waals surface area contributed by atoms with Crippen LogP contribution in [0.2, 0.25) is 0 Å². The van der Waals surface area contributed by atoms with Crippen LogP contribution in [0.4, 0.5) is 0 Å². The van der Waals surface area contributed by atoms with Crippen LogP contribution in [-0.4, -0.2) is 40.7 Å². The van der Waals surface area contributed by atoms with E-state index in [2.05, 4.69) is 10.3 Å². The molecule has 0 aliphatic rings. The minimum absolute atomic E-state index is 0.129. The van der Waals surface area contributed by atoms with E-state index >= 15 is 0 Å². The molecule has 0 aliphatic carbocycles. The van der Waals surface area contributed by atoms with Gasteiger partial charge in [0.1, 0.15) is 10.7 Å². The van der Waals surface area contributed by atoms with Gasteiger partial charge < -0.3 is 10.4 Å². The van der Waals surface area contributed by atoms with E-state index in [1.165, 1.54) is 11.3 Å². The summed E-state index contributed by atoms with van der Waals surface area (Å²) in [5.74, 6) is 1.64. The van der Waals surface area contributed by atoms with Gasteiger partial charge in [-0.2, -0.15) is 11.8 Å². The van der Waals surface area contributed by atoms with Crippen molar-refractivity contribution in [3.8, 4) is 10.6 Å². The van der Waals surface area contributed by atoms with Gasteiger partial charge in [0, 0.05) is 29.8 Å². The van der Waals surface area contributed by atoms with Crippen molar-refractivity contribution >= 4 is 29.0 Å². The summed E-state index contributed by atoms with van der Waals surface area (Å²) in [6.07, 6.45) is 0.797. The number of amides is 1. The molecule has 0 saturated carbocycles. The summed E-state index contributed by atoms with van der Waals surface area (Å²) in [6.45, 7) is 0.841. The molecule has 0 bridgehead atoms. The van der Waals surface area contributed by atoms with Gasteiger partial charge in [-0.15, -0.1) is 11.3 Å². The predicted molar refractivity (Wildman–Crippen MR) is 88.9 cm³/mol. The molecule has 2 aromatic rings. The zero-order valence-corrected chi connectivity index (χ0v) is 13.3. The SMILES string of the molecule is O=C(NCCSCCCO)c1csc(-c2ccccc2)n1. The quantitative estimate of drug-likeness (QED) is 0.734. The zero-order valence-electron chi connectivity index (χ0n) is 11.6. The van der Waals surface area contributed by atoms with Gasteiger partial charge in [0.25, 0.3) is 5.91 Å². The number of aromatic nitrogens is 1.